The molecule has 0 saturated heterocycles. The normalized spacial score (nSPS) is 12.8. The van der Waals surface area contributed by atoms with Crippen LogP contribution in [0.1, 0.15) is 60.7 Å². The van der Waals surface area contributed by atoms with E-state index >= 15 is 0 Å². The predicted octanol–water partition coefficient (Wildman–Crippen LogP) is 5.28. The summed E-state index contributed by atoms with van der Waals surface area (Å²) in [7, 11) is 1.65. The standard InChI is InChI=1S/C30H34N6O3/c1-19-14-22-16-25(29(37)31-26(22)15-20(19)2)27(28-32-33-34-36(28)30(3,4)5)35(18-24-8-7-13-39-24)17-21-9-11-23(38-6)12-10-21/h7-16,27H,17-18H2,1-6H3,(H,31,37). The lowest BCUT2D eigenvalue weighted by Crippen LogP contribution is -2.37. The van der Waals surface area contributed by atoms with Crippen LogP contribution in [0.15, 0.2) is 70.1 Å². The highest BCUT2D eigenvalue weighted by molar-refractivity contribution is 5.81. The molecule has 5 aromatic rings. The third-order valence-corrected chi connectivity index (χ3v) is 7.00. The summed E-state index contributed by atoms with van der Waals surface area (Å²) in [6.07, 6.45) is 1.66. The fraction of sp³-hybridized carbons (Fsp3) is 0.333. The van der Waals surface area contributed by atoms with E-state index in [1.165, 1.54) is 0 Å². The molecule has 0 aliphatic rings. The monoisotopic (exact) mass is 526 g/mol. The number of pyridine rings is 1. The second kappa shape index (κ2) is 10.5. The van der Waals surface area contributed by atoms with Crippen LogP contribution in [0.25, 0.3) is 10.9 Å². The molecule has 3 aromatic heterocycles. The minimum atomic E-state index is -0.568. The van der Waals surface area contributed by atoms with Gasteiger partial charge in [-0.25, -0.2) is 4.68 Å². The van der Waals surface area contributed by atoms with Gasteiger partial charge in [0, 0.05) is 17.6 Å². The van der Waals surface area contributed by atoms with Crippen LogP contribution in [0.5, 0.6) is 5.75 Å². The van der Waals surface area contributed by atoms with E-state index in [1.54, 1.807) is 18.1 Å². The molecule has 1 atom stereocenters. The molecule has 0 aliphatic carbocycles. The van der Waals surface area contributed by atoms with E-state index in [2.05, 4.69) is 38.4 Å². The molecule has 0 aliphatic heterocycles. The largest absolute Gasteiger partial charge is 0.497 e. The summed E-state index contributed by atoms with van der Waals surface area (Å²) >= 11 is 0. The Morgan fingerprint density at radius 3 is 2.46 bits per heavy atom. The van der Waals surface area contributed by atoms with E-state index in [4.69, 9.17) is 9.15 Å². The highest BCUT2D eigenvalue weighted by Crippen LogP contribution is 2.32. The summed E-state index contributed by atoms with van der Waals surface area (Å²) in [6, 6.07) is 17.2. The van der Waals surface area contributed by atoms with Crippen molar-refractivity contribution in [3.05, 3.63) is 105 Å². The molecule has 0 fully saturated rings. The Hall–Kier alpha value is -4.24. The van der Waals surface area contributed by atoms with E-state index in [9.17, 15) is 4.79 Å². The number of hydrogen-bond acceptors (Lipinski definition) is 7. The lowest BCUT2D eigenvalue weighted by atomic mass is 9.99. The number of methoxy groups -OCH3 is 1. The Morgan fingerprint density at radius 2 is 1.79 bits per heavy atom. The molecule has 202 valence electrons. The molecule has 1 unspecified atom stereocenters. The zero-order valence-electron chi connectivity index (χ0n) is 23.2. The molecule has 1 N–H and O–H groups in total. The van der Waals surface area contributed by atoms with Crippen LogP contribution in [0.3, 0.4) is 0 Å². The zero-order valence-corrected chi connectivity index (χ0v) is 23.2. The summed E-state index contributed by atoms with van der Waals surface area (Å²) in [6.45, 7) is 11.2. The highest BCUT2D eigenvalue weighted by Gasteiger charge is 2.34. The first kappa shape index (κ1) is 26.4. The third-order valence-electron chi connectivity index (χ3n) is 7.00. The van der Waals surface area contributed by atoms with Gasteiger partial charge in [-0.3, -0.25) is 9.69 Å². The van der Waals surface area contributed by atoms with Gasteiger partial charge in [0.2, 0.25) is 0 Å². The van der Waals surface area contributed by atoms with Crippen LogP contribution in [0.4, 0.5) is 0 Å². The van der Waals surface area contributed by atoms with Crippen LogP contribution < -0.4 is 10.3 Å². The lowest BCUT2D eigenvalue weighted by Gasteiger charge is -2.32. The van der Waals surface area contributed by atoms with Crippen molar-refractivity contribution in [2.24, 2.45) is 0 Å². The summed E-state index contributed by atoms with van der Waals surface area (Å²) in [5.41, 5.74) is 4.09. The minimum absolute atomic E-state index is 0.182. The third kappa shape index (κ3) is 5.49. The van der Waals surface area contributed by atoms with Gasteiger partial charge in [0.25, 0.3) is 5.56 Å². The number of aryl methyl sites for hydroxylation is 2. The minimum Gasteiger partial charge on any atom is -0.497 e. The summed E-state index contributed by atoms with van der Waals surface area (Å²) < 4.78 is 12.9. The Morgan fingerprint density at radius 1 is 1.05 bits per heavy atom. The number of benzene rings is 2. The molecule has 0 spiro atoms. The van der Waals surface area contributed by atoms with E-state index in [0.717, 1.165) is 39.1 Å². The van der Waals surface area contributed by atoms with Gasteiger partial charge in [0.05, 0.1) is 25.5 Å². The maximum Gasteiger partial charge on any atom is 0.253 e. The molecule has 39 heavy (non-hydrogen) atoms. The van der Waals surface area contributed by atoms with E-state index in [0.29, 0.717) is 24.5 Å². The van der Waals surface area contributed by atoms with E-state index in [1.807, 2.05) is 76.2 Å². The van der Waals surface area contributed by atoms with Gasteiger partial charge in [0.1, 0.15) is 17.6 Å². The fourth-order valence-electron chi connectivity index (χ4n) is 4.84. The number of nitrogens with one attached hydrogen (secondary N) is 1. The Bertz CT molecular complexity index is 1630. The van der Waals surface area contributed by atoms with Gasteiger partial charge >= 0.3 is 0 Å². The van der Waals surface area contributed by atoms with Crippen molar-refractivity contribution >= 4 is 10.9 Å². The van der Waals surface area contributed by atoms with Gasteiger partial charge in [-0.2, -0.15) is 0 Å². The smallest absolute Gasteiger partial charge is 0.253 e. The van der Waals surface area contributed by atoms with Crippen LogP contribution in [-0.2, 0) is 18.6 Å². The van der Waals surface area contributed by atoms with Crippen molar-refractivity contribution in [3.63, 3.8) is 0 Å². The average molecular weight is 527 g/mol. The average Bonchev–Trinajstić information content (AvgIpc) is 3.59. The number of furan rings is 1. The molecule has 0 bridgehead atoms. The summed E-state index contributed by atoms with van der Waals surface area (Å²) in [5, 5.41) is 13.8. The number of fused-ring (bicyclic) bond motifs is 1. The molecule has 5 rings (SSSR count). The molecular weight excluding hydrogens is 492 g/mol. The SMILES string of the molecule is COc1ccc(CN(Cc2ccco2)C(c2cc3cc(C)c(C)cc3[nH]c2=O)c2nnnn2C(C)(C)C)cc1. The van der Waals surface area contributed by atoms with Crippen molar-refractivity contribution in [3.8, 4) is 5.75 Å². The molecule has 0 saturated carbocycles. The number of aromatic nitrogens is 5. The lowest BCUT2D eigenvalue weighted by molar-refractivity contribution is 0.171. The van der Waals surface area contributed by atoms with Gasteiger partial charge < -0.3 is 14.1 Å². The number of ether oxygens (including phenoxy) is 1. The number of hydrogen-bond donors (Lipinski definition) is 1. The Kier molecular flexibility index (Phi) is 7.10. The molecule has 9 nitrogen and oxygen atoms in total. The summed E-state index contributed by atoms with van der Waals surface area (Å²) in [5.74, 6) is 2.13. The van der Waals surface area contributed by atoms with Crippen molar-refractivity contribution in [1.29, 1.82) is 0 Å². The van der Waals surface area contributed by atoms with Crippen molar-refractivity contribution in [2.75, 3.05) is 7.11 Å². The van der Waals surface area contributed by atoms with E-state index in [-0.39, 0.29) is 5.56 Å². The van der Waals surface area contributed by atoms with Crippen LogP contribution in [-0.4, -0.2) is 37.2 Å². The van der Waals surface area contributed by atoms with Crippen molar-refractivity contribution < 1.29 is 9.15 Å². The second-order valence-corrected chi connectivity index (χ2v) is 10.9. The maximum absolute atomic E-state index is 13.8. The zero-order chi connectivity index (χ0) is 27.7. The van der Waals surface area contributed by atoms with Crippen molar-refractivity contribution in [1.82, 2.24) is 30.1 Å². The molecule has 0 radical (unpaired) electrons. The number of tetrazole rings is 1. The van der Waals surface area contributed by atoms with Gasteiger partial charge in [0.15, 0.2) is 5.82 Å². The van der Waals surface area contributed by atoms with Gasteiger partial charge in [-0.1, -0.05) is 12.1 Å². The van der Waals surface area contributed by atoms with Gasteiger partial charge in [-0.15, -0.1) is 5.10 Å². The quantitative estimate of drug-likeness (QED) is 0.293. The highest BCUT2D eigenvalue weighted by atomic mass is 16.5. The topological polar surface area (TPSA) is 102 Å². The maximum atomic E-state index is 13.8. The molecular formula is C30H34N6O3. The van der Waals surface area contributed by atoms with Gasteiger partial charge in [-0.05, 0) is 110 Å². The van der Waals surface area contributed by atoms with Crippen LogP contribution >= 0.6 is 0 Å². The molecule has 0 amide bonds. The molecule has 3 heterocycles. The fourth-order valence-corrected chi connectivity index (χ4v) is 4.84. The predicted molar refractivity (Wildman–Crippen MR) is 150 cm³/mol. The number of nitrogens with zero attached hydrogens (tertiary/aromatic N) is 5. The van der Waals surface area contributed by atoms with Crippen LogP contribution in [0.2, 0.25) is 0 Å². The Balaban J connectivity index is 1.72. The molecule has 9 heteroatoms. The van der Waals surface area contributed by atoms with E-state index < -0.39 is 11.6 Å². The van der Waals surface area contributed by atoms with Crippen molar-refractivity contribution in [2.45, 2.75) is 59.3 Å². The number of aromatic amines is 1. The number of H-pyrrole nitrogens is 1. The Labute approximate surface area is 227 Å². The first-order chi connectivity index (χ1) is 18.6. The number of rotatable bonds is 8. The first-order valence-corrected chi connectivity index (χ1v) is 13.0. The summed E-state index contributed by atoms with van der Waals surface area (Å²) in [4.78, 5) is 19.1. The van der Waals surface area contributed by atoms with Crippen LogP contribution in [0, 0.1) is 13.8 Å². The first-order valence-electron chi connectivity index (χ1n) is 13.0. The second-order valence-electron chi connectivity index (χ2n) is 10.9. The molecule has 2 aromatic carbocycles.